The molecule has 0 fully saturated rings. The van der Waals surface area contributed by atoms with E-state index in [2.05, 4.69) is 4.72 Å². The van der Waals surface area contributed by atoms with Gasteiger partial charge in [-0.25, -0.2) is 8.42 Å². The lowest BCUT2D eigenvalue weighted by atomic mass is 10.2. The van der Waals surface area contributed by atoms with Crippen LogP contribution in [0.1, 0.15) is 5.56 Å². The van der Waals surface area contributed by atoms with Gasteiger partial charge in [0.05, 0.1) is 4.90 Å². The van der Waals surface area contributed by atoms with Gasteiger partial charge >= 0.3 is 0 Å². The molecule has 0 radical (unpaired) electrons. The second-order valence-electron chi connectivity index (χ2n) is 5.48. The summed E-state index contributed by atoms with van der Waals surface area (Å²) in [6, 6.07) is 13.2. The molecule has 0 aromatic heterocycles. The molecule has 0 aliphatic rings. The molecule has 0 saturated heterocycles. The number of ether oxygens (including phenoxy) is 1. The van der Waals surface area contributed by atoms with Crippen LogP contribution in [0.2, 0.25) is 0 Å². The van der Waals surface area contributed by atoms with Gasteiger partial charge in [0, 0.05) is 19.8 Å². The van der Waals surface area contributed by atoms with Gasteiger partial charge in [0.2, 0.25) is 0 Å². The minimum atomic E-state index is -3.68. The quantitative estimate of drug-likeness (QED) is 0.869. The summed E-state index contributed by atoms with van der Waals surface area (Å²) in [5.41, 5.74) is 1.13. The SMILES string of the molecule is Cc1cc(S(=O)(=O)Nc2ccccc2)ccc1OCC(=O)N(C)C. The van der Waals surface area contributed by atoms with Crippen molar-refractivity contribution in [1.82, 2.24) is 4.90 Å². The zero-order valence-corrected chi connectivity index (χ0v) is 14.6. The van der Waals surface area contributed by atoms with Crippen LogP contribution in [0.4, 0.5) is 5.69 Å². The van der Waals surface area contributed by atoms with E-state index in [-0.39, 0.29) is 17.4 Å². The maximum Gasteiger partial charge on any atom is 0.261 e. The zero-order chi connectivity index (χ0) is 17.7. The van der Waals surface area contributed by atoms with E-state index in [1.54, 1.807) is 51.4 Å². The molecule has 1 N–H and O–H groups in total. The van der Waals surface area contributed by atoms with E-state index in [1.807, 2.05) is 6.07 Å². The van der Waals surface area contributed by atoms with Crippen molar-refractivity contribution in [3.8, 4) is 5.75 Å². The Kier molecular flexibility index (Phi) is 5.46. The Balaban J connectivity index is 2.15. The summed E-state index contributed by atoms with van der Waals surface area (Å²) in [5, 5.41) is 0. The predicted molar refractivity (Wildman–Crippen MR) is 92.6 cm³/mol. The zero-order valence-electron chi connectivity index (χ0n) is 13.8. The number of rotatable bonds is 6. The van der Waals surface area contributed by atoms with E-state index in [4.69, 9.17) is 4.74 Å². The Labute approximate surface area is 142 Å². The topological polar surface area (TPSA) is 75.7 Å². The second kappa shape index (κ2) is 7.35. The van der Waals surface area contributed by atoms with Crippen molar-refractivity contribution in [2.45, 2.75) is 11.8 Å². The van der Waals surface area contributed by atoms with Crippen LogP contribution in [0, 0.1) is 6.92 Å². The van der Waals surface area contributed by atoms with Crippen LogP contribution >= 0.6 is 0 Å². The Morgan fingerprint density at radius 2 is 1.79 bits per heavy atom. The van der Waals surface area contributed by atoms with Crippen molar-refractivity contribution in [3.05, 3.63) is 54.1 Å². The minimum absolute atomic E-state index is 0.0950. The van der Waals surface area contributed by atoms with E-state index in [0.29, 0.717) is 17.0 Å². The maximum absolute atomic E-state index is 12.4. The standard InChI is InChI=1S/C17H20N2O4S/c1-13-11-15(9-10-16(13)23-12-17(20)19(2)3)24(21,22)18-14-7-5-4-6-8-14/h4-11,18H,12H2,1-3H3. The fourth-order valence-corrected chi connectivity index (χ4v) is 3.08. The molecule has 2 rings (SSSR count). The molecule has 0 saturated carbocycles. The number of amides is 1. The van der Waals surface area contributed by atoms with E-state index in [1.165, 1.54) is 17.0 Å². The number of hydrogen-bond acceptors (Lipinski definition) is 4. The number of anilines is 1. The number of carbonyl (C=O) groups is 1. The number of para-hydroxylation sites is 1. The van der Waals surface area contributed by atoms with Gasteiger partial charge in [-0.05, 0) is 42.8 Å². The van der Waals surface area contributed by atoms with E-state index >= 15 is 0 Å². The third-order valence-corrected chi connectivity index (χ3v) is 4.71. The summed E-state index contributed by atoms with van der Waals surface area (Å²) >= 11 is 0. The summed E-state index contributed by atoms with van der Waals surface area (Å²) in [7, 11) is -0.393. The summed E-state index contributed by atoms with van der Waals surface area (Å²) < 4.78 is 32.8. The highest BCUT2D eigenvalue weighted by atomic mass is 32.2. The van der Waals surface area contributed by atoms with Crippen LogP contribution in [0.15, 0.2) is 53.4 Å². The van der Waals surface area contributed by atoms with Crippen LogP contribution in [0.5, 0.6) is 5.75 Å². The third-order valence-electron chi connectivity index (χ3n) is 3.33. The van der Waals surface area contributed by atoms with Crippen molar-refractivity contribution in [2.24, 2.45) is 0 Å². The maximum atomic E-state index is 12.4. The molecule has 2 aromatic rings. The summed E-state index contributed by atoms with van der Waals surface area (Å²) in [6.07, 6.45) is 0. The van der Waals surface area contributed by atoms with Crippen molar-refractivity contribution in [2.75, 3.05) is 25.4 Å². The highest BCUT2D eigenvalue weighted by Gasteiger charge is 2.16. The van der Waals surface area contributed by atoms with Gasteiger partial charge in [0.15, 0.2) is 6.61 Å². The van der Waals surface area contributed by atoms with Crippen LogP contribution in [0.25, 0.3) is 0 Å². The highest BCUT2D eigenvalue weighted by molar-refractivity contribution is 7.92. The number of nitrogens with one attached hydrogen (secondary N) is 1. The minimum Gasteiger partial charge on any atom is -0.483 e. The van der Waals surface area contributed by atoms with E-state index < -0.39 is 10.0 Å². The monoisotopic (exact) mass is 348 g/mol. The smallest absolute Gasteiger partial charge is 0.261 e. The Morgan fingerprint density at radius 1 is 1.12 bits per heavy atom. The first-order valence-corrected chi connectivity index (χ1v) is 8.79. The number of hydrogen-bond donors (Lipinski definition) is 1. The van der Waals surface area contributed by atoms with Gasteiger partial charge < -0.3 is 9.64 Å². The number of carbonyl (C=O) groups excluding carboxylic acids is 1. The predicted octanol–water partition coefficient (Wildman–Crippen LogP) is 2.26. The lowest BCUT2D eigenvalue weighted by molar-refractivity contribution is -0.130. The lowest BCUT2D eigenvalue weighted by Gasteiger charge is -2.14. The first-order chi connectivity index (χ1) is 11.3. The van der Waals surface area contributed by atoms with E-state index in [0.717, 1.165) is 0 Å². The van der Waals surface area contributed by atoms with Crippen LogP contribution < -0.4 is 9.46 Å². The summed E-state index contributed by atoms with van der Waals surface area (Å²) in [4.78, 5) is 13.1. The first-order valence-electron chi connectivity index (χ1n) is 7.31. The molecule has 0 heterocycles. The van der Waals surface area contributed by atoms with Gasteiger partial charge in [-0.2, -0.15) is 0 Å². The largest absolute Gasteiger partial charge is 0.483 e. The third kappa shape index (κ3) is 4.48. The Hall–Kier alpha value is -2.54. The molecular weight excluding hydrogens is 328 g/mol. The molecule has 0 aliphatic carbocycles. The average Bonchev–Trinajstić information content (AvgIpc) is 2.53. The molecule has 128 valence electrons. The Morgan fingerprint density at radius 3 is 2.38 bits per heavy atom. The molecule has 7 heteroatoms. The molecule has 0 bridgehead atoms. The van der Waals surface area contributed by atoms with Gasteiger partial charge in [0.1, 0.15) is 5.75 Å². The Bertz CT molecular complexity index is 818. The number of nitrogens with zero attached hydrogens (tertiary/aromatic N) is 1. The van der Waals surface area contributed by atoms with Gasteiger partial charge in [-0.1, -0.05) is 18.2 Å². The number of benzene rings is 2. The second-order valence-corrected chi connectivity index (χ2v) is 7.16. The summed E-state index contributed by atoms with van der Waals surface area (Å²) in [6.45, 7) is 1.64. The van der Waals surface area contributed by atoms with Gasteiger partial charge in [-0.3, -0.25) is 9.52 Å². The fraction of sp³-hybridized carbons (Fsp3) is 0.235. The van der Waals surface area contributed by atoms with E-state index in [9.17, 15) is 13.2 Å². The molecule has 1 amide bonds. The number of sulfonamides is 1. The number of likely N-dealkylation sites (N-methyl/N-ethyl adjacent to an activating group) is 1. The lowest BCUT2D eigenvalue weighted by Crippen LogP contribution is -2.27. The van der Waals surface area contributed by atoms with Gasteiger partial charge in [0.25, 0.3) is 15.9 Å². The first kappa shape index (κ1) is 17.8. The molecule has 6 nitrogen and oxygen atoms in total. The average molecular weight is 348 g/mol. The van der Waals surface area contributed by atoms with Crippen molar-refractivity contribution >= 4 is 21.6 Å². The molecule has 0 atom stereocenters. The van der Waals surface area contributed by atoms with Crippen molar-refractivity contribution in [1.29, 1.82) is 0 Å². The summed E-state index contributed by atoms with van der Waals surface area (Å²) in [5.74, 6) is 0.306. The molecular formula is C17H20N2O4S. The fourth-order valence-electron chi connectivity index (χ4n) is 1.94. The number of aryl methyl sites for hydroxylation is 1. The normalized spacial score (nSPS) is 11.0. The van der Waals surface area contributed by atoms with Crippen LogP contribution in [-0.2, 0) is 14.8 Å². The molecule has 2 aromatic carbocycles. The molecule has 0 spiro atoms. The van der Waals surface area contributed by atoms with Gasteiger partial charge in [-0.15, -0.1) is 0 Å². The van der Waals surface area contributed by atoms with Crippen LogP contribution in [-0.4, -0.2) is 39.9 Å². The molecule has 0 aliphatic heterocycles. The molecule has 0 unspecified atom stereocenters. The van der Waals surface area contributed by atoms with Crippen molar-refractivity contribution in [3.63, 3.8) is 0 Å². The molecule has 24 heavy (non-hydrogen) atoms. The van der Waals surface area contributed by atoms with Crippen molar-refractivity contribution < 1.29 is 17.9 Å². The van der Waals surface area contributed by atoms with Crippen LogP contribution in [0.3, 0.4) is 0 Å². The highest BCUT2D eigenvalue weighted by Crippen LogP contribution is 2.23.